The topological polar surface area (TPSA) is 65.8 Å². The Morgan fingerprint density at radius 2 is 1.95 bits per heavy atom. The highest BCUT2D eigenvalue weighted by atomic mass is 35.5. The van der Waals surface area contributed by atoms with Crippen LogP contribution >= 0.6 is 34.8 Å². The van der Waals surface area contributed by atoms with Crippen LogP contribution in [0.2, 0.25) is 15.2 Å². The second-order valence-corrected chi connectivity index (χ2v) is 4.93. The van der Waals surface area contributed by atoms with Gasteiger partial charge in [-0.3, -0.25) is 4.79 Å². The van der Waals surface area contributed by atoms with Crippen LogP contribution in [0.1, 0.15) is 15.9 Å². The summed E-state index contributed by atoms with van der Waals surface area (Å²) < 4.78 is 0. The van der Waals surface area contributed by atoms with Gasteiger partial charge in [-0.25, -0.2) is 4.98 Å². The van der Waals surface area contributed by atoms with Gasteiger partial charge in [0.15, 0.2) is 0 Å². The van der Waals surface area contributed by atoms with Crippen molar-refractivity contribution in [3.63, 3.8) is 0 Å². The van der Waals surface area contributed by atoms with Crippen molar-refractivity contribution in [3.8, 4) is 6.07 Å². The number of halogens is 3. The van der Waals surface area contributed by atoms with Gasteiger partial charge in [0.2, 0.25) is 0 Å². The Hall–Kier alpha value is -1.80. The van der Waals surface area contributed by atoms with E-state index in [4.69, 9.17) is 40.1 Å². The van der Waals surface area contributed by atoms with E-state index in [1.165, 1.54) is 24.4 Å². The summed E-state index contributed by atoms with van der Waals surface area (Å²) >= 11 is 17.4. The Morgan fingerprint density at radius 3 is 2.60 bits per heavy atom. The summed E-state index contributed by atoms with van der Waals surface area (Å²) in [6.45, 7) is 0. The normalized spacial score (nSPS) is 9.90. The maximum atomic E-state index is 12.0. The standard InChI is InChI=1S/C13H6Cl3N3O/c14-9-2-1-7(5-17)3-11(9)19-13(20)8-4-10(15)12(16)18-6-8/h1-4,6H,(H,19,20). The molecule has 2 aromatic rings. The number of hydrogen-bond acceptors (Lipinski definition) is 3. The fourth-order valence-corrected chi connectivity index (χ4v) is 1.86. The molecule has 0 saturated carbocycles. The number of amides is 1. The van der Waals surface area contributed by atoms with E-state index in [9.17, 15) is 4.79 Å². The minimum Gasteiger partial charge on any atom is -0.321 e. The molecule has 0 spiro atoms. The Balaban J connectivity index is 2.28. The number of nitrogens with zero attached hydrogens (tertiary/aromatic N) is 2. The summed E-state index contributed by atoms with van der Waals surface area (Å²) in [6, 6.07) is 7.92. The molecule has 1 aromatic carbocycles. The van der Waals surface area contributed by atoms with E-state index in [0.717, 1.165) is 0 Å². The number of nitriles is 1. The largest absolute Gasteiger partial charge is 0.321 e. The zero-order valence-corrected chi connectivity index (χ0v) is 12.1. The third kappa shape index (κ3) is 3.20. The lowest BCUT2D eigenvalue weighted by Gasteiger charge is -2.08. The molecule has 0 fully saturated rings. The predicted molar refractivity (Wildman–Crippen MR) is 78.4 cm³/mol. The summed E-state index contributed by atoms with van der Waals surface area (Å²) in [5.41, 5.74) is 0.955. The van der Waals surface area contributed by atoms with Crippen LogP contribution < -0.4 is 5.32 Å². The molecular weight excluding hydrogens is 321 g/mol. The molecule has 1 heterocycles. The van der Waals surface area contributed by atoms with Gasteiger partial charge >= 0.3 is 0 Å². The van der Waals surface area contributed by atoms with Gasteiger partial charge in [-0.15, -0.1) is 0 Å². The quantitative estimate of drug-likeness (QED) is 0.842. The molecule has 4 nitrogen and oxygen atoms in total. The Morgan fingerprint density at radius 1 is 1.20 bits per heavy atom. The summed E-state index contributed by atoms with van der Waals surface area (Å²) in [5.74, 6) is -0.451. The van der Waals surface area contributed by atoms with Gasteiger partial charge in [0.1, 0.15) is 5.15 Å². The van der Waals surface area contributed by atoms with Crippen LogP contribution in [-0.2, 0) is 0 Å². The third-order valence-electron chi connectivity index (χ3n) is 2.40. The molecule has 0 atom stereocenters. The molecule has 100 valence electrons. The molecule has 0 bridgehead atoms. The van der Waals surface area contributed by atoms with Crippen LogP contribution in [0.3, 0.4) is 0 Å². The van der Waals surface area contributed by atoms with Gasteiger partial charge in [0.25, 0.3) is 5.91 Å². The molecule has 0 aliphatic carbocycles. The molecule has 20 heavy (non-hydrogen) atoms. The first-order valence-corrected chi connectivity index (χ1v) is 6.46. The number of benzene rings is 1. The highest BCUT2D eigenvalue weighted by Gasteiger charge is 2.11. The number of aromatic nitrogens is 1. The minimum atomic E-state index is -0.451. The molecule has 1 aromatic heterocycles. The molecule has 7 heteroatoms. The molecule has 0 unspecified atom stereocenters. The molecule has 2 rings (SSSR count). The van der Waals surface area contributed by atoms with Gasteiger partial charge < -0.3 is 5.32 Å². The molecule has 0 saturated heterocycles. The first kappa shape index (κ1) is 14.6. The van der Waals surface area contributed by atoms with E-state index in [1.807, 2.05) is 6.07 Å². The summed E-state index contributed by atoms with van der Waals surface area (Å²) in [4.78, 5) is 15.8. The second-order valence-electron chi connectivity index (χ2n) is 3.76. The van der Waals surface area contributed by atoms with E-state index < -0.39 is 5.91 Å². The van der Waals surface area contributed by atoms with E-state index in [-0.39, 0.29) is 15.7 Å². The fraction of sp³-hybridized carbons (Fsp3) is 0. The number of carbonyl (C=O) groups excluding carboxylic acids is 1. The summed E-state index contributed by atoms with van der Waals surface area (Å²) in [6.07, 6.45) is 1.30. The third-order valence-corrected chi connectivity index (χ3v) is 3.42. The summed E-state index contributed by atoms with van der Waals surface area (Å²) in [5, 5.41) is 12.0. The highest BCUT2D eigenvalue weighted by Crippen LogP contribution is 2.24. The predicted octanol–water partition coefficient (Wildman–Crippen LogP) is 4.17. The SMILES string of the molecule is N#Cc1ccc(Cl)c(NC(=O)c2cnc(Cl)c(Cl)c2)c1. The van der Waals surface area contributed by atoms with Gasteiger partial charge in [-0.2, -0.15) is 5.26 Å². The van der Waals surface area contributed by atoms with Crippen molar-refractivity contribution in [1.82, 2.24) is 4.98 Å². The number of hydrogen-bond donors (Lipinski definition) is 1. The van der Waals surface area contributed by atoms with Crippen LogP contribution in [0.25, 0.3) is 0 Å². The van der Waals surface area contributed by atoms with Crippen molar-refractivity contribution in [2.45, 2.75) is 0 Å². The van der Waals surface area contributed by atoms with Gasteiger partial charge in [0, 0.05) is 6.20 Å². The lowest BCUT2D eigenvalue weighted by atomic mass is 10.2. The van der Waals surface area contributed by atoms with Crippen molar-refractivity contribution in [2.75, 3.05) is 5.32 Å². The Bertz CT molecular complexity index is 725. The Kier molecular flexibility index (Phi) is 4.46. The van der Waals surface area contributed by atoms with Crippen LogP contribution in [0.5, 0.6) is 0 Å². The zero-order chi connectivity index (χ0) is 14.7. The van der Waals surface area contributed by atoms with E-state index in [1.54, 1.807) is 6.07 Å². The smallest absolute Gasteiger partial charge is 0.257 e. The van der Waals surface area contributed by atoms with Crippen molar-refractivity contribution < 1.29 is 4.79 Å². The number of nitrogens with one attached hydrogen (secondary N) is 1. The van der Waals surface area contributed by atoms with Gasteiger partial charge in [-0.05, 0) is 24.3 Å². The fourth-order valence-electron chi connectivity index (χ4n) is 1.43. The number of pyridine rings is 1. The lowest BCUT2D eigenvalue weighted by Crippen LogP contribution is -2.12. The van der Waals surface area contributed by atoms with Crippen LogP contribution in [0.15, 0.2) is 30.5 Å². The van der Waals surface area contributed by atoms with Gasteiger partial charge in [0.05, 0.1) is 32.9 Å². The molecule has 1 amide bonds. The monoisotopic (exact) mass is 325 g/mol. The van der Waals surface area contributed by atoms with E-state index in [2.05, 4.69) is 10.3 Å². The van der Waals surface area contributed by atoms with Crippen LogP contribution in [0.4, 0.5) is 5.69 Å². The second kappa shape index (κ2) is 6.10. The van der Waals surface area contributed by atoms with E-state index >= 15 is 0 Å². The lowest BCUT2D eigenvalue weighted by molar-refractivity contribution is 0.102. The molecule has 0 radical (unpaired) electrons. The molecular formula is C13H6Cl3N3O. The van der Waals surface area contributed by atoms with Crippen molar-refractivity contribution in [1.29, 1.82) is 5.26 Å². The Labute approximate surface area is 129 Å². The summed E-state index contributed by atoms with van der Waals surface area (Å²) in [7, 11) is 0. The average molecular weight is 327 g/mol. The maximum Gasteiger partial charge on any atom is 0.257 e. The van der Waals surface area contributed by atoms with Crippen molar-refractivity contribution in [3.05, 3.63) is 56.8 Å². The zero-order valence-electron chi connectivity index (χ0n) is 9.82. The highest BCUT2D eigenvalue weighted by molar-refractivity contribution is 6.41. The van der Waals surface area contributed by atoms with Gasteiger partial charge in [-0.1, -0.05) is 34.8 Å². The van der Waals surface area contributed by atoms with Crippen LogP contribution in [-0.4, -0.2) is 10.9 Å². The number of rotatable bonds is 2. The van der Waals surface area contributed by atoms with Crippen molar-refractivity contribution >= 4 is 46.4 Å². The van der Waals surface area contributed by atoms with Crippen LogP contribution in [0, 0.1) is 11.3 Å². The molecule has 1 N–H and O–H groups in total. The maximum absolute atomic E-state index is 12.0. The number of anilines is 1. The average Bonchev–Trinajstić information content (AvgIpc) is 2.44. The number of carbonyl (C=O) groups is 1. The minimum absolute atomic E-state index is 0.118. The van der Waals surface area contributed by atoms with Crippen molar-refractivity contribution in [2.24, 2.45) is 0 Å². The molecule has 0 aliphatic heterocycles. The first-order chi connectivity index (χ1) is 9.51. The first-order valence-electron chi connectivity index (χ1n) is 5.33. The molecule has 0 aliphatic rings. The van der Waals surface area contributed by atoms with E-state index in [0.29, 0.717) is 16.3 Å².